The Morgan fingerprint density at radius 1 is 0.523 bits per heavy atom. The monoisotopic (exact) mass is 568 g/mol. The van der Waals surface area contributed by atoms with E-state index in [0.29, 0.717) is 0 Å². The van der Waals surface area contributed by atoms with Crippen molar-refractivity contribution in [2.45, 2.75) is 19.3 Å². The minimum Gasteiger partial charge on any atom is -0.450 e. The Balaban J connectivity index is 1.06. The van der Waals surface area contributed by atoms with Crippen LogP contribution in [0, 0.1) is 0 Å². The first-order chi connectivity index (χ1) is 21.5. The highest BCUT2D eigenvalue weighted by Crippen LogP contribution is 2.55. The van der Waals surface area contributed by atoms with Crippen molar-refractivity contribution in [2.75, 3.05) is 0 Å². The minimum absolute atomic E-state index is 0.0917. The van der Waals surface area contributed by atoms with E-state index < -0.39 is 0 Å². The number of rotatable bonds is 3. The molecule has 0 fully saturated rings. The SMILES string of the molecule is CC1(C)c2ccccc2-c2cc3c(cc21)Oc1ccc(-c2ccc(-c4nc5ccccc5n4-c4ccccc4)cc2)cc1O3. The smallest absolute Gasteiger partial charge is 0.170 e. The Hall–Kier alpha value is -5.61. The average molecular weight is 569 g/mol. The molecule has 210 valence electrons. The summed E-state index contributed by atoms with van der Waals surface area (Å²) in [6.07, 6.45) is 0. The topological polar surface area (TPSA) is 36.3 Å². The maximum absolute atomic E-state index is 6.50. The molecule has 0 radical (unpaired) electrons. The van der Waals surface area contributed by atoms with E-state index in [0.717, 1.165) is 62.2 Å². The van der Waals surface area contributed by atoms with E-state index in [2.05, 4.69) is 134 Å². The normalized spacial score (nSPS) is 13.8. The summed E-state index contributed by atoms with van der Waals surface area (Å²) in [7, 11) is 0. The van der Waals surface area contributed by atoms with Crippen LogP contribution in [0.4, 0.5) is 0 Å². The van der Waals surface area contributed by atoms with Gasteiger partial charge in [-0.2, -0.15) is 0 Å². The Morgan fingerprint density at radius 3 is 2.05 bits per heavy atom. The maximum atomic E-state index is 6.50. The molecule has 7 aromatic rings. The van der Waals surface area contributed by atoms with Gasteiger partial charge in [0, 0.05) is 16.7 Å². The van der Waals surface area contributed by atoms with Gasteiger partial charge < -0.3 is 9.47 Å². The molecule has 1 aromatic heterocycles. The van der Waals surface area contributed by atoms with Gasteiger partial charge in [0.05, 0.1) is 11.0 Å². The molecule has 0 spiro atoms. The second-order valence-corrected chi connectivity index (χ2v) is 12.1. The molecule has 0 saturated heterocycles. The molecule has 1 aliphatic carbocycles. The van der Waals surface area contributed by atoms with Gasteiger partial charge in [-0.3, -0.25) is 4.57 Å². The van der Waals surface area contributed by atoms with Crippen LogP contribution >= 0.6 is 0 Å². The van der Waals surface area contributed by atoms with E-state index in [-0.39, 0.29) is 5.41 Å². The van der Waals surface area contributed by atoms with Crippen molar-refractivity contribution in [3.05, 3.63) is 145 Å². The zero-order valence-corrected chi connectivity index (χ0v) is 24.4. The number of aromatic nitrogens is 2. The molecular formula is C40H28N2O2. The van der Waals surface area contributed by atoms with E-state index in [1.165, 1.54) is 22.3 Å². The molecule has 0 atom stereocenters. The summed E-state index contributed by atoms with van der Waals surface area (Å²) in [6, 6.07) is 46.3. The maximum Gasteiger partial charge on any atom is 0.170 e. The van der Waals surface area contributed by atoms with Crippen molar-refractivity contribution >= 4 is 11.0 Å². The third kappa shape index (κ3) is 3.67. The van der Waals surface area contributed by atoms with Gasteiger partial charge in [0.2, 0.25) is 0 Å². The van der Waals surface area contributed by atoms with E-state index in [1.54, 1.807) is 0 Å². The highest BCUT2D eigenvalue weighted by molar-refractivity contribution is 5.85. The van der Waals surface area contributed by atoms with Crippen LogP contribution < -0.4 is 9.47 Å². The zero-order chi connectivity index (χ0) is 29.4. The van der Waals surface area contributed by atoms with Gasteiger partial charge in [-0.05, 0) is 81.9 Å². The second kappa shape index (κ2) is 9.19. The summed E-state index contributed by atoms with van der Waals surface area (Å²) in [5.74, 6) is 3.87. The van der Waals surface area contributed by atoms with Gasteiger partial charge in [0.1, 0.15) is 5.82 Å². The summed E-state index contributed by atoms with van der Waals surface area (Å²) in [5, 5.41) is 0. The standard InChI is InChI=1S/C40H28N2O2/c1-40(2)31-13-7-6-12-29(31)30-23-37-38(24-32(30)40)43-35-21-20-27(22-36(35)44-37)25-16-18-26(19-17-25)39-41-33-14-8-9-15-34(33)42(39)28-10-4-3-5-11-28/h3-24H,1-2H3. The highest BCUT2D eigenvalue weighted by Gasteiger charge is 2.37. The van der Waals surface area contributed by atoms with Crippen LogP contribution in [0.2, 0.25) is 0 Å². The van der Waals surface area contributed by atoms with Crippen molar-refractivity contribution in [3.63, 3.8) is 0 Å². The first-order valence-corrected chi connectivity index (χ1v) is 15.0. The number of hydrogen-bond acceptors (Lipinski definition) is 3. The molecule has 4 nitrogen and oxygen atoms in total. The second-order valence-electron chi connectivity index (χ2n) is 12.1. The molecule has 1 aliphatic heterocycles. The summed E-state index contributed by atoms with van der Waals surface area (Å²) in [6.45, 7) is 4.55. The van der Waals surface area contributed by atoms with Crippen LogP contribution in [0.5, 0.6) is 23.0 Å². The molecule has 9 rings (SSSR count). The number of nitrogens with zero attached hydrogens (tertiary/aromatic N) is 2. The van der Waals surface area contributed by atoms with Gasteiger partial charge in [-0.15, -0.1) is 0 Å². The Bertz CT molecular complexity index is 2250. The lowest BCUT2D eigenvalue weighted by atomic mass is 9.82. The number of benzene rings is 6. The quantitative estimate of drug-likeness (QED) is 0.213. The first kappa shape index (κ1) is 24.9. The lowest BCUT2D eigenvalue weighted by Gasteiger charge is -2.25. The third-order valence-corrected chi connectivity index (χ3v) is 9.08. The van der Waals surface area contributed by atoms with Crippen LogP contribution in [-0.2, 0) is 5.41 Å². The largest absolute Gasteiger partial charge is 0.450 e. The van der Waals surface area contributed by atoms with Crippen LogP contribution in [-0.4, -0.2) is 9.55 Å². The van der Waals surface area contributed by atoms with E-state index in [1.807, 2.05) is 18.2 Å². The number of fused-ring (bicyclic) bond motifs is 6. The van der Waals surface area contributed by atoms with Crippen molar-refractivity contribution in [1.82, 2.24) is 9.55 Å². The average Bonchev–Trinajstić information content (AvgIpc) is 3.56. The van der Waals surface area contributed by atoms with E-state index >= 15 is 0 Å². The Labute approximate surface area is 255 Å². The fourth-order valence-electron chi connectivity index (χ4n) is 6.83. The molecule has 2 heterocycles. The Morgan fingerprint density at radius 2 is 1.18 bits per heavy atom. The van der Waals surface area contributed by atoms with E-state index in [4.69, 9.17) is 14.5 Å². The lowest BCUT2D eigenvalue weighted by molar-refractivity contribution is 0.359. The van der Waals surface area contributed by atoms with Crippen LogP contribution in [0.1, 0.15) is 25.0 Å². The van der Waals surface area contributed by atoms with Crippen LogP contribution in [0.15, 0.2) is 133 Å². The van der Waals surface area contributed by atoms with Crippen LogP contribution in [0.3, 0.4) is 0 Å². The van der Waals surface area contributed by atoms with Gasteiger partial charge in [-0.25, -0.2) is 4.98 Å². The molecule has 0 amide bonds. The Kier molecular flexibility index (Phi) is 5.21. The number of hydrogen-bond donors (Lipinski definition) is 0. The third-order valence-electron chi connectivity index (χ3n) is 9.08. The van der Waals surface area contributed by atoms with Gasteiger partial charge in [0.25, 0.3) is 0 Å². The van der Waals surface area contributed by atoms with Crippen molar-refractivity contribution in [2.24, 2.45) is 0 Å². The predicted octanol–water partition coefficient (Wildman–Crippen LogP) is 10.6. The lowest BCUT2D eigenvalue weighted by Crippen LogP contribution is -2.15. The molecule has 0 saturated carbocycles. The van der Waals surface area contributed by atoms with Crippen molar-refractivity contribution < 1.29 is 9.47 Å². The highest BCUT2D eigenvalue weighted by atomic mass is 16.6. The first-order valence-electron chi connectivity index (χ1n) is 15.0. The molecule has 0 bridgehead atoms. The van der Waals surface area contributed by atoms with Gasteiger partial charge in [0.15, 0.2) is 23.0 Å². The van der Waals surface area contributed by atoms with Crippen LogP contribution in [0.25, 0.3) is 50.4 Å². The fraction of sp³-hybridized carbons (Fsp3) is 0.0750. The van der Waals surface area contributed by atoms with Crippen molar-refractivity contribution in [3.8, 4) is 62.3 Å². The minimum atomic E-state index is -0.0917. The summed E-state index contributed by atoms with van der Waals surface area (Å²) < 4.78 is 15.1. The van der Waals surface area contributed by atoms with Crippen molar-refractivity contribution in [1.29, 1.82) is 0 Å². The number of imidazole rings is 1. The molecule has 6 aromatic carbocycles. The number of para-hydroxylation sites is 3. The molecule has 2 aliphatic rings. The fourth-order valence-corrected chi connectivity index (χ4v) is 6.83. The van der Waals surface area contributed by atoms with Gasteiger partial charge >= 0.3 is 0 Å². The summed E-state index contributed by atoms with van der Waals surface area (Å²) in [5.41, 5.74) is 11.3. The molecule has 0 unspecified atom stereocenters. The molecule has 44 heavy (non-hydrogen) atoms. The molecular weight excluding hydrogens is 540 g/mol. The zero-order valence-electron chi connectivity index (χ0n) is 24.4. The number of ether oxygens (including phenoxy) is 2. The summed E-state index contributed by atoms with van der Waals surface area (Å²) in [4.78, 5) is 5.01. The summed E-state index contributed by atoms with van der Waals surface area (Å²) >= 11 is 0. The molecule has 4 heteroatoms. The molecule has 0 N–H and O–H groups in total. The van der Waals surface area contributed by atoms with E-state index in [9.17, 15) is 0 Å². The predicted molar refractivity (Wildman–Crippen MR) is 176 cm³/mol. The van der Waals surface area contributed by atoms with Gasteiger partial charge in [-0.1, -0.05) is 98.8 Å².